The quantitative estimate of drug-likeness (QED) is 0.565. The van der Waals surface area contributed by atoms with Gasteiger partial charge >= 0.3 is 6.09 Å². The number of nitrogens with zero attached hydrogens (tertiary/aromatic N) is 1. The Morgan fingerprint density at radius 1 is 1.40 bits per heavy atom. The number of carbonyl (C=O) groups is 1. The topological polar surface area (TPSA) is 93.1 Å². The molecule has 7 nitrogen and oxygen atoms in total. The van der Waals surface area contributed by atoms with Crippen molar-refractivity contribution in [1.29, 1.82) is 0 Å². The van der Waals surface area contributed by atoms with Gasteiger partial charge in [0.1, 0.15) is 5.72 Å². The minimum atomic E-state index is -3.55. The second-order valence-electron chi connectivity index (χ2n) is 7.97. The van der Waals surface area contributed by atoms with Crippen molar-refractivity contribution in [3.8, 4) is 0 Å². The van der Waals surface area contributed by atoms with Crippen LogP contribution in [0.5, 0.6) is 0 Å². The van der Waals surface area contributed by atoms with E-state index in [1.54, 1.807) is 13.8 Å². The van der Waals surface area contributed by atoms with E-state index in [0.717, 1.165) is 6.26 Å². The summed E-state index contributed by atoms with van der Waals surface area (Å²) in [6.45, 7) is 11.4. The zero-order valence-electron chi connectivity index (χ0n) is 16.2. The molecule has 0 aromatic rings. The van der Waals surface area contributed by atoms with Crippen LogP contribution < -0.4 is 0 Å². The van der Waals surface area contributed by atoms with Gasteiger partial charge in [0.15, 0.2) is 0 Å². The lowest BCUT2D eigenvalue weighted by Crippen LogP contribution is -2.64. The van der Waals surface area contributed by atoms with Gasteiger partial charge < -0.3 is 9.84 Å². The van der Waals surface area contributed by atoms with Crippen LogP contribution in [-0.4, -0.2) is 55.3 Å². The van der Waals surface area contributed by atoms with Crippen LogP contribution in [0.2, 0.25) is 0 Å². The maximum atomic E-state index is 12.1. The normalized spacial score (nSPS) is 25.5. The first-order valence-corrected chi connectivity index (χ1v) is 10.1. The zero-order chi connectivity index (χ0) is 19.7. The van der Waals surface area contributed by atoms with Crippen molar-refractivity contribution in [2.75, 3.05) is 19.5 Å². The SMILES string of the molecule is CC=CC(CCOS(C)(=O)=O)[C@]1(C(C)(C)C)COC(C)(C)N1C(=O)O. The van der Waals surface area contributed by atoms with E-state index in [2.05, 4.69) is 0 Å². The van der Waals surface area contributed by atoms with Gasteiger partial charge in [0.2, 0.25) is 0 Å². The molecule has 0 aromatic heterocycles. The number of rotatable bonds is 6. The molecule has 0 saturated carbocycles. The third-order valence-corrected chi connectivity index (χ3v) is 5.43. The first-order valence-electron chi connectivity index (χ1n) is 8.33. The highest BCUT2D eigenvalue weighted by Gasteiger charge is 2.62. The molecular formula is C17H31NO6S. The van der Waals surface area contributed by atoms with Crippen molar-refractivity contribution >= 4 is 16.2 Å². The highest BCUT2D eigenvalue weighted by molar-refractivity contribution is 7.85. The summed E-state index contributed by atoms with van der Waals surface area (Å²) in [5.74, 6) is -0.267. The Kier molecular flexibility index (Phi) is 6.35. The molecule has 0 aliphatic carbocycles. The average molecular weight is 378 g/mol. The van der Waals surface area contributed by atoms with Gasteiger partial charge in [-0.1, -0.05) is 32.9 Å². The summed E-state index contributed by atoms with van der Waals surface area (Å²) in [7, 11) is -3.55. The van der Waals surface area contributed by atoms with Crippen LogP contribution in [0.25, 0.3) is 0 Å². The Hall–Kier alpha value is -1.12. The molecule has 1 aliphatic rings. The minimum Gasteiger partial charge on any atom is -0.465 e. The molecule has 2 atom stereocenters. The summed E-state index contributed by atoms with van der Waals surface area (Å²) in [6.07, 6.45) is 4.07. The molecular weight excluding hydrogens is 346 g/mol. The van der Waals surface area contributed by atoms with Crippen LogP contribution in [0.3, 0.4) is 0 Å². The lowest BCUT2D eigenvalue weighted by atomic mass is 9.64. The molecule has 25 heavy (non-hydrogen) atoms. The van der Waals surface area contributed by atoms with Crippen molar-refractivity contribution in [3.05, 3.63) is 12.2 Å². The van der Waals surface area contributed by atoms with Gasteiger partial charge in [-0.05, 0) is 32.6 Å². The van der Waals surface area contributed by atoms with E-state index in [0.29, 0.717) is 6.42 Å². The molecule has 0 radical (unpaired) electrons. The van der Waals surface area contributed by atoms with Gasteiger partial charge in [-0.25, -0.2) is 4.79 Å². The number of carboxylic acid groups (broad SMARTS) is 1. The van der Waals surface area contributed by atoms with E-state index in [-0.39, 0.29) is 19.1 Å². The Labute approximate surface area is 151 Å². The van der Waals surface area contributed by atoms with Crippen molar-refractivity contribution in [2.24, 2.45) is 11.3 Å². The first kappa shape index (κ1) is 21.9. The third kappa shape index (κ3) is 4.54. The van der Waals surface area contributed by atoms with Gasteiger partial charge in [0.05, 0.1) is 25.0 Å². The molecule has 1 fully saturated rings. The Balaban J connectivity index is 3.37. The maximum absolute atomic E-state index is 12.1. The maximum Gasteiger partial charge on any atom is 0.410 e. The summed E-state index contributed by atoms with van der Waals surface area (Å²) in [4.78, 5) is 13.5. The lowest BCUT2D eigenvalue weighted by molar-refractivity contribution is -0.0662. The zero-order valence-corrected chi connectivity index (χ0v) is 17.0. The standard InChI is InChI=1S/C17H31NO6S/c1-8-9-13(10-11-24-25(7,21)22)17(15(2,3)4)12-23-16(5,6)18(17)14(19)20/h8-9,13H,10-12H2,1-7H3,(H,19,20)/t13?,17-/m0/s1. The van der Waals surface area contributed by atoms with Crippen molar-refractivity contribution in [2.45, 2.75) is 59.2 Å². The highest BCUT2D eigenvalue weighted by atomic mass is 32.2. The van der Waals surface area contributed by atoms with E-state index in [1.165, 1.54) is 4.90 Å². The fourth-order valence-corrected chi connectivity index (χ4v) is 4.13. The smallest absolute Gasteiger partial charge is 0.410 e. The molecule has 1 heterocycles. The molecule has 0 spiro atoms. The van der Waals surface area contributed by atoms with Crippen molar-refractivity contribution in [3.63, 3.8) is 0 Å². The van der Waals surface area contributed by atoms with E-state index >= 15 is 0 Å². The molecule has 1 saturated heterocycles. The molecule has 1 N–H and O–H groups in total. The minimum absolute atomic E-state index is 0.0143. The van der Waals surface area contributed by atoms with E-state index in [9.17, 15) is 18.3 Å². The lowest BCUT2D eigenvalue weighted by Gasteiger charge is -2.52. The molecule has 0 bridgehead atoms. The van der Waals surface area contributed by atoms with Gasteiger partial charge in [-0.3, -0.25) is 9.08 Å². The van der Waals surface area contributed by atoms with E-state index < -0.39 is 32.9 Å². The van der Waals surface area contributed by atoms with E-state index in [4.69, 9.17) is 8.92 Å². The van der Waals surface area contributed by atoms with Crippen LogP contribution in [0.1, 0.15) is 48.0 Å². The van der Waals surface area contributed by atoms with Crippen LogP contribution in [0, 0.1) is 11.3 Å². The molecule has 8 heteroatoms. The molecule has 146 valence electrons. The predicted molar refractivity (Wildman–Crippen MR) is 95.8 cm³/mol. The Bertz CT molecular complexity index is 620. The summed E-state index contributed by atoms with van der Waals surface area (Å²) >= 11 is 0. The van der Waals surface area contributed by atoms with Gasteiger partial charge in [0.25, 0.3) is 10.1 Å². The first-order chi connectivity index (χ1) is 11.2. The summed E-state index contributed by atoms with van der Waals surface area (Å²) < 4.78 is 33.3. The second-order valence-corrected chi connectivity index (χ2v) is 9.62. The molecule has 0 aromatic carbocycles. The van der Waals surface area contributed by atoms with Crippen molar-refractivity contribution < 1.29 is 27.2 Å². The number of hydrogen-bond donors (Lipinski definition) is 1. The monoisotopic (exact) mass is 377 g/mol. The number of amides is 1. The highest BCUT2D eigenvalue weighted by Crippen LogP contribution is 2.51. The molecule has 1 rings (SSSR count). The fraction of sp³-hybridized carbons (Fsp3) is 0.824. The Morgan fingerprint density at radius 3 is 2.36 bits per heavy atom. The third-order valence-electron chi connectivity index (χ3n) is 4.84. The van der Waals surface area contributed by atoms with Crippen LogP contribution in [-0.2, 0) is 19.0 Å². The van der Waals surface area contributed by atoms with Crippen molar-refractivity contribution in [1.82, 2.24) is 4.90 Å². The Morgan fingerprint density at radius 2 is 1.96 bits per heavy atom. The number of allylic oxidation sites excluding steroid dienone is 1. The van der Waals surface area contributed by atoms with Crippen LogP contribution in [0.15, 0.2) is 12.2 Å². The number of hydrogen-bond acceptors (Lipinski definition) is 5. The second kappa shape index (κ2) is 7.25. The largest absolute Gasteiger partial charge is 0.465 e. The number of ether oxygens (including phenoxy) is 1. The predicted octanol–water partition coefficient (Wildman–Crippen LogP) is 3.08. The summed E-state index contributed by atoms with van der Waals surface area (Å²) in [6, 6.07) is 0. The molecule has 1 aliphatic heterocycles. The van der Waals surface area contributed by atoms with Gasteiger partial charge in [-0.15, -0.1) is 0 Å². The van der Waals surface area contributed by atoms with E-state index in [1.807, 2.05) is 39.8 Å². The average Bonchev–Trinajstić information content (AvgIpc) is 2.68. The van der Waals surface area contributed by atoms with Crippen LogP contribution in [0.4, 0.5) is 4.79 Å². The molecule has 1 unspecified atom stereocenters. The molecule has 1 amide bonds. The van der Waals surface area contributed by atoms with Gasteiger partial charge in [0, 0.05) is 5.92 Å². The summed E-state index contributed by atoms with van der Waals surface area (Å²) in [5, 5.41) is 9.91. The fourth-order valence-electron chi connectivity index (χ4n) is 3.73. The van der Waals surface area contributed by atoms with Crippen LogP contribution >= 0.6 is 0 Å². The van der Waals surface area contributed by atoms with Gasteiger partial charge in [-0.2, -0.15) is 8.42 Å². The summed E-state index contributed by atoms with van der Waals surface area (Å²) in [5.41, 5.74) is -2.28.